The highest BCUT2D eigenvalue weighted by molar-refractivity contribution is 6.08. The van der Waals surface area contributed by atoms with E-state index in [1.165, 1.54) is 50.6 Å². The minimum atomic E-state index is -0.888. The molecule has 2 N–H and O–H groups in total. The van der Waals surface area contributed by atoms with E-state index in [1.807, 2.05) is 19.9 Å². The lowest BCUT2D eigenvalue weighted by Crippen LogP contribution is -2.13. The normalized spacial score (nSPS) is 11.4. The molecule has 0 aromatic heterocycles. The van der Waals surface area contributed by atoms with Gasteiger partial charge in [-0.2, -0.15) is 0 Å². The van der Waals surface area contributed by atoms with Crippen LogP contribution in [0.1, 0.15) is 42.3 Å². The Hall–Kier alpha value is -4.51. The van der Waals surface area contributed by atoms with Crippen LogP contribution in [0.2, 0.25) is 0 Å². The number of carbonyl (C=O) groups excluding carboxylic acids is 1. The number of non-ortho nitro benzene ring substituents is 1. The van der Waals surface area contributed by atoms with E-state index in [4.69, 9.17) is 14.2 Å². The average Bonchev–Trinajstić information content (AvgIpc) is 2.89. The third-order valence-electron chi connectivity index (χ3n) is 5.50. The summed E-state index contributed by atoms with van der Waals surface area (Å²) < 4.78 is 17.0. The molecule has 1 unspecified atom stereocenters. The van der Waals surface area contributed by atoms with Gasteiger partial charge in [-0.05, 0) is 49.4 Å². The zero-order valence-electron chi connectivity index (χ0n) is 20.1. The monoisotopic (exact) mass is 495 g/mol. The van der Waals surface area contributed by atoms with Gasteiger partial charge in [0.2, 0.25) is 0 Å². The van der Waals surface area contributed by atoms with Crippen LogP contribution in [-0.4, -0.2) is 30.3 Å². The average molecular weight is 495 g/mol. The third-order valence-corrected chi connectivity index (χ3v) is 5.50. The van der Waals surface area contributed by atoms with Gasteiger partial charge >= 0.3 is 5.97 Å². The Morgan fingerprint density at radius 1 is 1.14 bits per heavy atom. The Morgan fingerprint density at radius 3 is 2.36 bits per heavy atom. The first-order valence-corrected chi connectivity index (χ1v) is 10.8. The first-order valence-electron chi connectivity index (χ1n) is 10.8. The number of nitrogens with one attached hydrogen (secondary N) is 1. The van der Waals surface area contributed by atoms with E-state index in [0.29, 0.717) is 10.9 Å². The molecule has 0 saturated heterocycles. The summed E-state index contributed by atoms with van der Waals surface area (Å²) in [5, 5.41) is 24.3. The van der Waals surface area contributed by atoms with Crippen molar-refractivity contribution in [1.82, 2.24) is 0 Å². The van der Waals surface area contributed by atoms with E-state index in [9.17, 15) is 25.0 Å². The Bertz CT molecular complexity index is 1330. The highest BCUT2D eigenvalue weighted by Crippen LogP contribution is 2.48. The number of nitro groups is 1. The van der Waals surface area contributed by atoms with E-state index in [-0.39, 0.29) is 45.9 Å². The summed E-state index contributed by atoms with van der Waals surface area (Å²) in [6, 6.07) is 9.53. The smallest absolute Gasteiger partial charge is 0.338 e. The summed E-state index contributed by atoms with van der Waals surface area (Å²) in [5.41, 5.74) is 3.70. The molecule has 0 aliphatic heterocycles. The molecule has 188 valence electrons. The lowest BCUT2D eigenvalue weighted by Gasteiger charge is -2.23. The Morgan fingerprint density at radius 2 is 1.83 bits per heavy atom. The summed E-state index contributed by atoms with van der Waals surface area (Å²) in [6.45, 7) is 3.78. The van der Waals surface area contributed by atoms with Crippen LogP contribution in [0.5, 0.6) is 11.5 Å². The quantitative estimate of drug-likeness (QED) is 0.110. The van der Waals surface area contributed by atoms with E-state index < -0.39 is 17.0 Å². The number of rotatable bonds is 10. The molecular weight excluding hydrogens is 470 g/mol. The van der Waals surface area contributed by atoms with Crippen molar-refractivity contribution in [3.05, 3.63) is 80.3 Å². The van der Waals surface area contributed by atoms with Gasteiger partial charge in [-0.25, -0.2) is 4.79 Å². The fourth-order valence-corrected chi connectivity index (χ4v) is 3.79. The first kappa shape index (κ1) is 26.1. The molecule has 0 bridgehead atoms. The van der Waals surface area contributed by atoms with Crippen molar-refractivity contribution < 1.29 is 29.1 Å². The van der Waals surface area contributed by atoms with Gasteiger partial charge in [0.1, 0.15) is 23.3 Å². The maximum absolute atomic E-state index is 13.0. The van der Waals surface area contributed by atoms with E-state index >= 15 is 0 Å². The molecular formula is C25H25N3O8. The van der Waals surface area contributed by atoms with E-state index in [0.717, 1.165) is 5.57 Å². The van der Waals surface area contributed by atoms with Gasteiger partial charge in [-0.3, -0.25) is 20.8 Å². The number of fused-ring (bicyclic) bond motifs is 1. The van der Waals surface area contributed by atoms with Crippen molar-refractivity contribution in [2.75, 3.05) is 19.7 Å². The Kier molecular flexibility index (Phi) is 8.18. The van der Waals surface area contributed by atoms with Gasteiger partial charge in [-0.15, -0.1) is 4.91 Å². The number of nitro benzene ring substituents is 1. The fourth-order valence-electron chi connectivity index (χ4n) is 3.79. The predicted octanol–water partition coefficient (Wildman–Crippen LogP) is 6.22. The van der Waals surface area contributed by atoms with Crippen molar-refractivity contribution in [2.24, 2.45) is 5.18 Å². The molecule has 11 nitrogen and oxygen atoms in total. The third kappa shape index (κ3) is 5.26. The number of hydrogen-bond acceptors (Lipinski definition) is 10. The lowest BCUT2D eigenvalue weighted by molar-refractivity contribution is -0.384. The van der Waals surface area contributed by atoms with Gasteiger partial charge in [0, 0.05) is 24.1 Å². The Balaban J connectivity index is 2.20. The molecule has 3 rings (SSSR count). The number of allylic oxidation sites excluding steroid dienone is 1. The summed E-state index contributed by atoms with van der Waals surface area (Å²) in [7, 11) is 2.82. The maximum Gasteiger partial charge on any atom is 0.338 e. The molecule has 0 radical (unpaired) electrons. The lowest BCUT2D eigenvalue weighted by atomic mass is 9.96. The van der Waals surface area contributed by atoms with Gasteiger partial charge < -0.3 is 14.2 Å². The number of benzene rings is 3. The number of hydrogen-bond donors (Lipinski definition) is 2. The number of esters is 1. The summed E-state index contributed by atoms with van der Waals surface area (Å²) in [4.78, 5) is 35.0. The second kappa shape index (κ2) is 11.3. The molecule has 11 heteroatoms. The summed E-state index contributed by atoms with van der Waals surface area (Å²) in [6.07, 6.45) is 1.24. The molecule has 0 saturated carbocycles. The summed E-state index contributed by atoms with van der Waals surface area (Å²) >= 11 is 0. The van der Waals surface area contributed by atoms with Crippen LogP contribution in [0.3, 0.4) is 0 Å². The standard InChI is InChI=1S/C25H25N3O8/c1-14(2)5-12-20(36-25(29)15-6-8-16(9-7-15)28(32)33)17-13-21(34-3)22-18(26-30)10-11-19(27-31)23(22)24(17)35-4/h5-11,13,20,26,30H,12H2,1-4H3. The van der Waals surface area contributed by atoms with Crippen LogP contribution in [-0.2, 0) is 4.74 Å². The van der Waals surface area contributed by atoms with Gasteiger partial charge in [0.25, 0.3) is 5.69 Å². The van der Waals surface area contributed by atoms with Crippen LogP contribution in [0, 0.1) is 15.0 Å². The second-order valence-electron chi connectivity index (χ2n) is 8.00. The van der Waals surface area contributed by atoms with Crippen LogP contribution in [0.25, 0.3) is 10.8 Å². The highest BCUT2D eigenvalue weighted by atomic mass is 16.6. The number of nitroso groups, excluding NO2 is 1. The topological polar surface area (TPSA) is 150 Å². The molecule has 1 atom stereocenters. The maximum atomic E-state index is 13.0. The van der Waals surface area contributed by atoms with Crippen molar-refractivity contribution in [3.63, 3.8) is 0 Å². The van der Waals surface area contributed by atoms with Crippen molar-refractivity contribution >= 4 is 33.8 Å². The molecule has 0 amide bonds. The molecule has 36 heavy (non-hydrogen) atoms. The molecule has 0 heterocycles. The van der Waals surface area contributed by atoms with Gasteiger partial charge in [0.05, 0.1) is 41.2 Å². The number of nitrogens with zero attached hydrogens (tertiary/aromatic N) is 2. The van der Waals surface area contributed by atoms with Crippen molar-refractivity contribution in [1.29, 1.82) is 0 Å². The van der Waals surface area contributed by atoms with Crippen LogP contribution in [0.4, 0.5) is 17.1 Å². The van der Waals surface area contributed by atoms with Gasteiger partial charge in [0.15, 0.2) is 0 Å². The molecule has 0 aliphatic rings. The largest absolute Gasteiger partial charge is 0.496 e. The zero-order chi connectivity index (χ0) is 26.4. The van der Waals surface area contributed by atoms with E-state index in [1.54, 1.807) is 6.07 Å². The molecule has 0 fully saturated rings. The number of methoxy groups -OCH3 is 2. The number of anilines is 1. The summed E-state index contributed by atoms with van der Waals surface area (Å²) in [5.74, 6) is -0.227. The molecule has 0 aliphatic carbocycles. The predicted molar refractivity (Wildman–Crippen MR) is 133 cm³/mol. The molecule has 3 aromatic rings. The van der Waals surface area contributed by atoms with Crippen LogP contribution < -0.4 is 15.0 Å². The van der Waals surface area contributed by atoms with Crippen molar-refractivity contribution in [3.8, 4) is 11.5 Å². The van der Waals surface area contributed by atoms with Crippen LogP contribution in [0.15, 0.2) is 59.3 Å². The zero-order valence-corrected chi connectivity index (χ0v) is 20.1. The van der Waals surface area contributed by atoms with Gasteiger partial charge in [-0.1, -0.05) is 11.6 Å². The Labute approximate surface area is 206 Å². The second-order valence-corrected chi connectivity index (χ2v) is 8.00. The number of carbonyl (C=O) groups is 1. The first-order chi connectivity index (χ1) is 17.2. The van der Waals surface area contributed by atoms with Crippen molar-refractivity contribution in [2.45, 2.75) is 26.4 Å². The minimum Gasteiger partial charge on any atom is -0.496 e. The SMILES string of the molecule is COc1cc(C(CC=C(C)C)OC(=O)c2ccc([N+](=O)[O-])cc2)c(OC)c2c(N=O)ccc(NO)c12. The highest BCUT2D eigenvalue weighted by Gasteiger charge is 2.27. The molecule has 0 spiro atoms. The molecule has 3 aromatic carbocycles. The van der Waals surface area contributed by atoms with E-state index in [2.05, 4.69) is 10.7 Å². The minimum absolute atomic E-state index is 0.0312. The van der Waals surface area contributed by atoms with Crippen LogP contribution >= 0.6 is 0 Å². The fraction of sp³-hybridized carbons (Fsp3) is 0.240. The number of ether oxygens (including phenoxy) is 3.